The molecule has 0 saturated heterocycles. The van der Waals surface area contributed by atoms with Gasteiger partial charge in [-0.1, -0.05) is 24.3 Å². The fourth-order valence-electron chi connectivity index (χ4n) is 2.99. The molecular formula is C20H17F3N2O3. The molecule has 0 aliphatic rings. The zero-order valence-electron chi connectivity index (χ0n) is 14.8. The van der Waals surface area contributed by atoms with Crippen LogP contribution in [0, 0.1) is 0 Å². The molecule has 3 rings (SSSR count). The van der Waals surface area contributed by atoms with Gasteiger partial charge in [0.25, 0.3) is 5.91 Å². The van der Waals surface area contributed by atoms with Gasteiger partial charge in [-0.25, -0.2) is 0 Å². The number of nitrogens with zero attached hydrogens (tertiary/aromatic N) is 1. The molecule has 1 aromatic heterocycles. The molecule has 0 fully saturated rings. The number of nitrogens with one attached hydrogen (secondary N) is 1. The van der Waals surface area contributed by atoms with Crippen LogP contribution >= 0.6 is 0 Å². The van der Waals surface area contributed by atoms with Crippen LogP contribution in [0.4, 0.5) is 13.2 Å². The summed E-state index contributed by atoms with van der Waals surface area (Å²) in [5.74, 6) is -0.621. The molecule has 1 heterocycles. The Morgan fingerprint density at radius 2 is 1.79 bits per heavy atom. The molecule has 5 nitrogen and oxygen atoms in total. The molecule has 28 heavy (non-hydrogen) atoms. The number of aryl methyl sites for hydroxylation is 1. The normalized spacial score (nSPS) is 12.8. The summed E-state index contributed by atoms with van der Waals surface area (Å²) in [6.07, 6.45) is -4.47. The molecule has 1 unspecified atom stereocenters. The molecule has 0 aliphatic carbocycles. The lowest BCUT2D eigenvalue weighted by atomic mass is 10.0. The molecule has 0 saturated carbocycles. The molecule has 0 aliphatic heterocycles. The Balaban J connectivity index is 1.90. The topological polar surface area (TPSA) is 71.3 Å². The zero-order chi connectivity index (χ0) is 20.5. The van der Waals surface area contributed by atoms with E-state index in [1.165, 1.54) is 18.2 Å². The van der Waals surface area contributed by atoms with Crippen molar-refractivity contribution in [2.24, 2.45) is 7.05 Å². The van der Waals surface area contributed by atoms with Crippen molar-refractivity contribution in [3.8, 4) is 0 Å². The van der Waals surface area contributed by atoms with Gasteiger partial charge in [0.15, 0.2) is 5.43 Å². The van der Waals surface area contributed by atoms with Gasteiger partial charge >= 0.3 is 6.18 Å². The second-order valence-electron chi connectivity index (χ2n) is 6.30. The Morgan fingerprint density at radius 1 is 1.14 bits per heavy atom. The second kappa shape index (κ2) is 7.47. The maximum Gasteiger partial charge on any atom is 0.416 e. The predicted molar refractivity (Wildman–Crippen MR) is 97.9 cm³/mol. The van der Waals surface area contributed by atoms with Crippen molar-refractivity contribution in [3.63, 3.8) is 0 Å². The van der Waals surface area contributed by atoms with Gasteiger partial charge in [-0.15, -0.1) is 0 Å². The number of halogens is 3. The van der Waals surface area contributed by atoms with Crippen molar-refractivity contribution >= 4 is 16.8 Å². The Labute approximate surface area is 158 Å². The fourth-order valence-corrected chi connectivity index (χ4v) is 2.99. The third-order valence-electron chi connectivity index (χ3n) is 4.52. The smallest absolute Gasteiger partial charge is 0.394 e. The number of carbonyl (C=O) groups excluding carboxylic acids is 1. The largest absolute Gasteiger partial charge is 0.416 e. The number of aliphatic hydroxyl groups excluding tert-OH is 1. The predicted octanol–water partition coefficient (Wildman–Crippen LogP) is 3.02. The average Bonchev–Trinajstić information content (AvgIpc) is 2.68. The number of fused-ring (bicyclic) bond motifs is 1. The number of aliphatic hydroxyl groups is 1. The van der Waals surface area contributed by atoms with Gasteiger partial charge in [0.1, 0.15) is 5.69 Å². The van der Waals surface area contributed by atoms with Crippen LogP contribution in [0.1, 0.15) is 27.7 Å². The standard InChI is InChI=1S/C20H17F3N2O3/c1-25-16-5-3-2-4-14(16)18(27)10-17(25)19(28)24-15(11-26)12-6-8-13(9-7-12)20(21,22)23/h2-10,15,26H,11H2,1H3,(H,24,28). The Morgan fingerprint density at radius 3 is 2.39 bits per heavy atom. The van der Waals surface area contributed by atoms with E-state index in [0.717, 1.165) is 12.1 Å². The number of hydrogen-bond donors (Lipinski definition) is 2. The fraction of sp³-hybridized carbons (Fsp3) is 0.200. The van der Waals surface area contributed by atoms with Crippen molar-refractivity contribution in [2.75, 3.05) is 6.61 Å². The van der Waals surface area contributed by atoms with Crippen molar-refractivity contribution < 1.29 is 23.1 Å². The zero-order valence-corrected chi connectivity index (χ0v) is 14.8. The molecule has 1 amide bonds. The molecular weight excluding hydrogens is 373 g/mol. The van der Waals surface area contributed by atoms with E-state index in [4.69, 9.17) is 0 Å². The first kappa shape index (κ1) is 19.6. The Hall–Kier alpha value is -3.13. The summed E-state index contributed by atoms with van der Waals surface area (Å²) in [6, 6.07) is 11.2. The number of para-hydroxylation sites is 1. The number of rotatable bonds is 4. The number of carbonyl (C=O) groups is 1. The molecule has 1 atom stereocenters. The molecule has 2 aromatic carbocycles. The van der Waals surface area contributed by atoms with Gasteiger partial charge in [0, 0.05) is 18.5 Å². The average molecular weight is 390 g/mol. The number of benzene rings is 2. The minimum atomic E-state index is -4.47. The molecule has 3 aromatic rings. The highest BCUT2D eigenvalue weighted by Gasteiger charge is 2.30. The summed E-state index contributed by atoms with van der Waals surface area (Å²) in [6.45, 7) is -0.515. The van der Waals surface area contributed by atoms with Crippen molar-refractivity contribution in [2.45, 2.75) is 12.2 Å². The van der Waals surface area contributed by atoms with Crippen LogP contribution in [-0.2, 0) is 13.2 Å². The first-order valence-corrected chi connectivity index (χ1v) is 8.40. The Kier molecular flexibility index (Phi) is 5.24. The highest BCUT2D eigenvalue weighted by Crippen LogP contribution is 2.30. The van der Waals surface area contributed by atoms with Crippen LogP contribution < -0.4 is 10.7 Å². The molecule has 0 bridgehead atoms. The monoisotopic (exact) mass is 390 g/mol. The van der Waals surface area contributed by atoms with E-state index in [1.807, 2.05) is 0 Å². The molecule has 2 N–H and O–H groups in total. The molecule has 146 valence electrons. The quantitative estimate of drug-likeness (QED) is 0.720. The first-order chi connectivity index (χ1) is 13.2. The SMILES string of the molecule is Cn1c(C(=O)NC(CO)c2ccc(C(F)(F)F)cc2)cc(=O)c2ccccc21. The van der Waals surface area contributed by atoms with Crippen LogP contribution in [0.3, 0.4) is 0 Å². The lowest BCUT2D eigenvalue weighted by Crippen LogP contribution is -2.33. The number of amides is 1. The summed E-state index contributed by atoms with van der Waals surface area (Å²) < 4.78 is 39.6. The lowest BCUT2D eigenvalue weighted by molar-refractivity contribution is -0.137. The number of aromatic nitrogens is 1. The van der Waals surface area contributed by atoms with E-state index in [0.29, 0.717) is 16.5 Å². The number of pyridine rings is 1. The van der Waals surface area contributed by atoms with Crippen molar-refractivity contribution in [1.82, 2.24) is 9.88 Å². The lowest BCUT2D eigenvalue weighted by Gasteiger charge is -2.19. The highest BCUT2D eigenvalue weighted by atomic mass is 19.4. The van der Waals surface area contributed by atoms with Crippen molar-refractivity contribution in [1.29, 1.82) is 0 Å². The van der Waals surface area contributed by atoms with E-state index < -0.39 is 30.3 Å². The maximum absolute atomic E-state index is 12.7. The molecule has 0 spiro atoms. The third kappa shape index (κ3) is 3.77. The van der Waals surface area contributed by atoms with E-state index in [2.05, 4.69) is 5.32 Å². The minimum Gasteiger partial charge on any atom is -0.394 e. The third-order valence-corrected chi connectivity index (χ3v) is 4.52. The number of alkyl halides is 3. The summed E-state index contributed by atoms with van der Waals surface area (Å²) in [7, 11) is 1.63. The molecule has 0 radical (unpaired) electrons. The summed E-state index contributed by atoms with van der Waals surface area (Å²) in [5, 5.41) is 12.6. The minimum absolute atomic E-state index is 0.0778. The van der Waals surface area contributed by atoms with E-state index >= 15 is 0 Å². The number of hydrogen-bond acceptors (Lipinski definition) is 3. The van der Waals surface area contributed by atoms with Crippen LogP contribution in [0.5, 0.6) is 0 Å². The summed E-state index contributed by atoms with van der Waals surface area (Å²) >= 11 is 0. The molecule has 8 heteroatoms. The maximum atomic E-state index is 12.7. The Bertz CT molecular complexity index is 1070. The van der Waals surface area contributed by atoms with Gasteiger partial charge in [0.2, 0.25) is 0 Å². The highest BCUT2D eigenvalue weighted by molar-refractivity contribution is 5.95. The van der Waals surface area contributed by atoms with E-state index in [-0.39, 0.29) is 11.1 Å². The van der Waals surface area contributed by atoms with Crippen LogP contribution in [0.25, 0.3) is 10.9 Å². The summed E-state index contributed by atoms with van der Waals surface area (Å²) in [5.41, 5.74) is -0.191. The second-order valence-corrected chi connectivity index (χ2v) is 6.30. The van der Waals surface area contributed by atoms with Crippen molar-refractivity contribution in [3.05, 3.63) is 81.6 Å². The van der Waals surface area contributed by atoms with Gasteiger partial charge in [-0.3, -0.25) is 9.59 Å². The van der Waals surface area contributed by atoms with Gasteiger partial charge < -0.3 is 15.0 Å². The van der Waals surface area contributed by atoms with E-state index in [1.54, 1.807) is 35.9 Å². The van der Waals surface area contributed by atoms with Gasteiger partial charge in [-0.05, 0) is 29.8 Å². The van der Waals surface area contributed by atoms with Gasteiger partial charge in [0.05, 0.1) is 23.7 Å². The van der Waals surface area contributed by atoms with Gasteiger partial charge in [-0.2, -0.15) is 13.2 Å². The van der Waals surface area contributed by atoms with E-state index in [9.17, 15) is 27.9 Å². The first-order valence-electron chi connectivity index (χ1n) is 8.40. The summed E-state index contributed by atoms with van der Waals surface area (Å²) in [4.78, 5) is 24.9. The van der Waals surface area contributed by atoms with Crippen LogP contribution in [-0.4, -0.2) is 22.2 Å². The van der Waals surface area contributed by atoms with Crippen LogP contribution in [0.15, 0.2) is 59.4 Å². The van der Waals surface area contributed by atoms with Crippen LogP contribution in [0.2, 0.25) is 0 Å².